The number of hydrogen-bond donors (Lipinski definition) is 1. The Labute approximate surface area is 93.6 Å². The molecule has 0 atom stereocenters. The molecule has 0 spiro atoms. The summed E-state index contributed by atoms with van der Waals surface area (Å²) in [5.41, 5.74) is 0.839. The second-order valence-electron chi connectivity index (χ2n) is 2.77. The summed E-state index contributed by atoms with van der Waals surface area (Å²) in [6, 6.07) is 5.30. The Morgan fingerprint density at radius 1 is 1.57 bits per heavy atom. The Hall–Kier alpha value is -0.670. The van der Waals surface area contributed by atoms with E-state index in [-0.39, 0.29) is 12.4 Å². The van der Waals surface area contributed by atoms with Gasteiger partial charge < -0.3 is 4.74 Å². The van der Waals surface area contributed by atoms with E-state index in [4.69, 9.17) is 16.3 Å². The van der Waals surface area contributed by atoms with Crippen LogP contribution in [0.3, 0.4) is 0 Å². The third-order valence-corrected chi connectivity index (χ3v) is 2.50. The minimum atomic E-state index is -0.240. The molecule has 0 aliphatic rings. The van der Waals surface area contributed by atoms with Gasteiger partial charge in [-0.1, -0.05) is 17.7 Å². The largest absolute Gasteiger partial charge is 0.466 e. The standard InChI is InChI=1S/C10H11ClO2S/c1-2-13-10(12)6-7-3-4-9(14)8(11)5-7/h3-5,14H,2,6H2,1H3. The van der Waals surface area contributed by atoms with Crippen LogP contribution < -0.4 is 0 Å². The summed E-state index contributed by atoms with van der Waals surface area (Å²) in [5, 5.41) is 0.551. The van der Waals surface area contributed by atoms with Crippen LogP contribution in [0.25, 0.3) is 0 Å². The predicted octanol–water partition coefficient (Wildman–Crippen LogP) is 2.73. The molecule has 1 rings (SSSR count). The van der Waals surface area contributed by atoms with Gasteiger partial charge in [0, 0.05) is 4.90 Å². The number of esters is 1. The molecule has 76 valence electrons. The highest BCUT2D eigenvalue weighted by Gasteiger charge is 2.05. The van der Waals surface area contributed by atoms with E-state index in [1.165, 1.54) is 0 Å². The van der Waals surface area contributed by atoms with Gasteiger partial charge in [-0.15, -0.1) is 12.6 Å². The van der Waals surface area contributed by atoms with Crippen LogP contribution in [0.15, 0.2) is 23.1 Å². The predicted molar refractivity (Wildman–Crippen MR) is 59.0 cm³/mol. The fourth-order valence-corrected chi connectivity index (χ4v) is 1.38. The Kier molecular flexibility index (Phi) is 4.29. The average Bonchev–Trinajstić information content (AvgIpc) is 2.12. The van der Waals surface area contributed by atoms with Crippen LogP contribution in [-0.4, -0.2) is 12.6 Å². The lowest BCUT2D eigenvalue weighted by Gasteiger charge is -2.03. The monoisotopic (exact) mass is 230 g/mol. The Bertz CT molecular complexity index is 339. The number of thiol groups is 1. The van der Waals surface area contributed by atoms with Gasteiger partial charge in [-0.25, -0.2) is 0 Å². The minimum Gasteiger partial charge on any atom is -0.466 e. The highest BCUT2D eigenvalue weighted by molar-refractivity contribution is 7.80. The zero-order valence-electron chi connectivity index (χ0n) is 7.79. The van der Waals surface area contributed by atoms with Crippen molar-refractivity contribution < 1.29 is 9.53 Å². The highest BCUT2D eigenvalue weighted by atomic mass is 35.5. The van der Waals surface area contributed by atoms with Crippen molar-refractivity contribution in [1.29, 1.82) is 0 Å². The molecule has 0 unspecified atom stereocenters. The number of carbonyl (C=O) groups excluding carboxylic acids is 1. The molecule has 14 heavy (non-hydrogen) atoms. The summed E-state index contributed by atoms with van der Waals surface area (Å²) >= 11 is 9.97. The van der Waals surface area contributed by atoms with Crippen molar-refractivity contribution >= 4 is 30.2 Å². The molecule has 1 aromatic rings. The maximum atomic E-state index is 11.1. The van der Waals surface area contributed by atoms with Gasteiger partial charge in [-0.05, 0) is 24.6 Å². The molecule has 0 aliphatic heterocycles. The number of rotatable bonds is 3. The summed E-state index contributed by atoms with van der Waals surface area (Å²) < 4.78 is 4.81. The first kappa shape index (κ1) is 11.4. The van der Waals surface area contributed by atoms with Gasteiger partial charge in [0.05, 0.1) is 18.1 Å². The summed E-state index contributed by atoms with van der Waals surface area (Å²) in [7, 11) is 0. The lowest BCUT2D eigenvalue weighted by Crippen LogP contribution is -2.07. The third kappa shape index (κ3) is 3.24. The zero-order chi connectivity index (χ0) is 10.6. The SMILES string of the molecule is CCOC(=O)Cc1ccc(S)c(Cl)c1. The van der Waals surface area contributed by atoms with E-state index < -0.39 is 0 Å². The van der Waals surface area contributed by atoms with E-state index in [1.54, 1.807) is 19.1 Å². The zero-order valence-corrected chi connectivity index (χ0v) is 9.44. The molecule has 0 radical (unpaired) electrons. The van der Waals surface area contributed by atoms with E-state index in [1.807, 2.05) is 6.07 Å². The molecule has 2 nitrogen and oxygen atoms in total. The van der Waals surface area contributed by atoms with Gasteiger partial charge >= 0.3 is 5.97 Å². The third-order valence-electron chi connectivity index (χ3n) is 1.67. The van der Waals surface area contributed by atoms with Crippen LogP contribution in [0.1, 0.15) is 12.5 Å². The lowest BCUT2D eigenvalue weighted by molar-refractivity contribution is -0.142. The van der Waals surface area contributed by atoms with Crippen molar-refractivity contribution in [3.8, 4) is 0 Å². The maximum absolute atomic E-state index is 11.1. The normalized spacial score (nSPS) is 9.93. The van der Waals surface area contributed by atoms with E-state index in [9.17, 15) is 4.79 Å². The van der Waals surface area contributed by atoms with Crippen LogP contribution in [0.2, 0.25) is 5.02 Å². The van der Waals surface area contributed by atoms with Crippen LogP contribution in [0, 0.1) is 0 Å². The van der Waals surface area contributed by atoms with Gasteiger partial charge in [0.1, 0.15) is 0 Å². The minimum absolute atomic E-state index is 0.240. The summed E-state index contributed by atoms with van der Waals surface area (Å²) in [6.07, 6.45) is 0.252. The average molecular weight is 231 g/mol. The van der Waals surface area contributed by atoms with E-state index >= 15 is 0 Å². The first-order valence-electron chi connectivity index (χ1n) is 4.26. The lowest BCUT2D eigenvalue weighted by atomic mass is 10.1. The van der Waals surface area contributed by atoms with Crippen LogP contribution in [-0.2, 0) is 16.0 Å². The number of carbonyl (C=O) groups is 1. The second-order valence-corrected chi connectivity index (χ2v) is 3.66. The number of benzene rings is 1. The summed E-state index contributed by atoms with van der Waals surface area (Å²) in [5.74, 6) is -0.240. The first-order valence-corrected chi connectivity index (χ1v) is 5.09. The van der Waals surface area contributed by atoms with Crippen LogP contribution >= 0.6 is 24.2 Å². The van der Waals surface area contributed by atoms with Crippen molar-refractivity contribution in [1.82, 2.24) is 0 Å². The molecular weight excluding hydrogens is 220 g/mol. The van der Waals surface area contributed by atoms with Crippen LogP contribution in [0.5, 0.6) is 0 Å². The van der Waals surface area contributed by atoms with Gasteiger partial charge in [-0.3, -0.25) is 4.79 Å². The molecule has 0 saturated carbocycles. The molecule has 1 aromatic carbocycles. The topological polar surface area (TPSA) is 26.3 Å². The maximum Gasteiger partial charge on any atom is 0.310 e. The quantitative estimate of drug-likeness (QED) is 0.639. The smallest absolute Gasteiger partial charge is 0.310 e. The first-order chi connectivity index (χ1) is 6.63. The molecule has 4 heteroatoms. The molecule has 0 aliphatic carbocycles. The Morgan fingerprint density at radius 3 is 2.86 bits per heavy atom. The molecule has 0 amide bonds. The fraction of sp³-hybridized carbons (Fsp3) is 0.300. The number of halogens is 1. The van der Waals surface area contributed by atoms with E-state index in [2.05, 4.69) is 12.6 Å². The molecule has 0 saturated heterocycles. The summed E-state index contributed by atoms with van der Waals surface area (Å²) in [6.45, 7) is 2.18. The molecular formula is C10H11ClO2S. The molecule has 0 heterocycles. The van der Waals surface area contributed by atoms with E-state index in [0.717, 1.165) is 5.56 Å². The van der Waals surface area contributed by atoms with Crippen molar-refractivity contribution in [2.24, 2.45) is 0 Å². The van der Waals surface area contributed by atoms with Crippen LogP contribution in [0.4, 0.5) is 0 Å². The van der Waals surface area contributed by atoms with Gasteiger partial charge in [-0.2, -0.15) is 0 Å². The summed E-state index contributed by atoms with van der Waals surface area (Å²) in [4.78, 5) is 11.8. The highest BCUT2D eigenvalue weighted by Crippen LogP contribution is 2.21. The number of ether oxygens (including phenoxy) is 1. The molecule has 0 bridgehead atoms. The Morgan fingerprint density at radius 2 is 2.29 bits per heavy atom. The van der Waals surface area contributed by atoms with Crippen molar-refractivity contribution in [2.45, 2.75) is 18.2 Å². The fourth-order valence-electron chi connectivity index (χ4n) is 1.04. The Balaban J connectivity index is 2.68. The van der Waals surface area contributed by atoms with Crippen molar-refractivity contribution in [3.63, 3.8) is 0 Å². The number of hydrogen-bond acceptors (Lipinski definition) is 3. The molecule has 0 fully saturated rings. The van der Waals surface area contributed by atoms with Crippen molar-refractivity contribution in [3.05, 3.63) is 28.8 Å². The molecule has 0 aromatic heterocycles. The second kappa shape index (κ2) is 5.27. The van der Waals surface area contributed by atoms with Crippen molar-refractivity contribution in [2.75, 3.05) is 6.61 Å². The van der Waals surface area contributed by atoms with Gasteiger partial charge in [0.15, 0.2) is 0 Å². The molecule has 0 N–H and O–H groups in total. The van der Waals surface area contributed by atoms with E-state index in [0.29, 0.717) is 16.5 Å². The van der Waals surface area contributed by atoms with Gasteiger partial charge in [0.25, 0.3) is 0 Å². The van der Waals surface area contributed by atoms with Gasteiger partial charge in [0.2, 0.25) is 0 Å².